The van der Waals surface area contributed by atoms with Crippen LogP contribution in [0.2, 0.25) is 0 Å². The summed E-state index contributed by atoms with van der Waals surface area (Å²) in [6, 6.07) is 0. The van der Waals surface area contributed by atoms with E-state index in [1.807, 2.05) is 0 Å². The average Bonchev–Trinajstić information content (AvgIpc) is 2.40. The Morgan fingerprint density at radius 2 is 2.47 bits per heavy atom. The number of aryl methyl sites for hydroxylation is 1. The highest BCUT2D eigenvalue weighted by Crippen LogP contribution is 2.28. The number of hydrogen-bond acceptors (Lipinski definition) is 5. The molecule has 19 heavy (non-hydrogen) atoms. The molecule has 0 saturated carbocycles. The van der Waals surface area contributed by atoms with Crippen LogP contribution in [0.15, 0.2) is 15.8 Å². The summed E-state index contributed by atoms with van der Waals surface area (Å²) in [4.78, 5) is 25.3. The van der Waals surface area contributed by atoms with Gasteiger partial charge in [0, 0.05) is 24.7 Å². The van der Waals surface area contributed by atoms with E-state index < -0.39 is 42.7 Å². The molecular formula is C12H18N2O5. The third kappa shape index (κ3) is 2.49. The predicted molar refractivity (Wildman–Crippen MR) is 67.0 cm³/mol. The molecule has 2 N–H and O–H groups in total. The summed E-state index contributed by atoms with van der Waals surface area (Å²) < 4.78 is 25.8. The summed E-state index contributed by atoms with van der Waals surface area (Å²) >= 11 is 0. The van der Waals surface area contributed by atoms with Crippen LogP contribution < -0.4 is 11.2 Å². The average molecular weight is 273 g/mol. The Balaban J connectivity index is 2.26. The van der Waals surface area contributed by atoms with E-state index in [-0.39, 0.29) is 6.61 Å². The van der Waals surface area contributed by atoms with Crippen molar-refractivity contribution in [3.8, 4) is 0 Å². The van der Waals surface area contributed by atoms with Crippen molar-refractivity contribution < 1.29 is 17.3 Å². The fraction of sp³-hybridized carbons (Fsp3) is 0.667. The van der Waals surface area contributed by atoms with E-state index in [0.717, 1.165) is 4.57 Å². The highest BCUT2D eigenvalue weighted by atomic mass is 16.6. The SMILES string of the molecule is [2H]C([3H])OC1COC(n2cc(C)c(=O)[nH]c2=O)C(O)C1C. The Hall–Kier alpha value is -1.44. The molecule has 1 fully saturated rings. The summed E-state index contributed by atoms with van der Waals surface area (Å²) in [6.07, 6.45) is -1.28. The van der Waals surface area contributed by atoms with Gasteiger partial charge in [0.25, 0.3) is 5.56 Å². The van der Waals surface area contributed by atoms with Crippen molar-refractivity contribution in [3.05, 3.63) is 32.6 Å². The van der Waals surface area contributed by atoms with Crippen molar-refractivity contribution in [3.63, 3.8) is 0 Å². The van der Waals surface area contributed by atoms with Crippen molar-refractivity contribution in [2.75, 3.05) is 13.7 Å². The topological polar surface area (TPSA) is 93.5 Å². The van der Waals surface area contributed by atoms with Gasteiger partial charge >= 0.3 is 5.69 Å². The van der Waals surface area contributed by atoms with Crippen LogP contribution in [0.5, 0.6) is 0 Å². The van der Waals surface area contributed by atoms with E-state index in [1.165, 1.54) is 6.20 Å². The molecule has 2 rings (SSSR count). The first kappa shape index (κ1) is 11.4. The minimum atomic E-state index is -1.47. The molecule has 0 aliphatic carbocycles. The van der Waals surface area contributed by atoms with Gasteiger partial charge in [0.2, 0.25) is 0 Å². The van der Waals surface area contributed by atoms with E-state index in [4.69, 9.17) is 12.2 Å². The molecule has 5 unspecified atom stereocenters. The second-order valence-corrected chi connectivity index (χ2v) is 4.73. The lowest BCUT2D eigenvalue weighted by Crippen LogP contribution is -2.49. The second kappa shape index (κ2) is 5.28. The molecule has 1 aromatic rings. The van der Waals surface area contributed by atoms with Gasteiger partial charge in [-0.25, -0.2) is 4.79 Å². The van der Waals surface area contributed by atoms with Crippen LogP contribution in [0.1, 0.15) is 21.5 Å². The van der Waals surface area contributed by atoms with E-state index in [9.17, 15) is 14.7 Å². The molecule has 5 atom stereocenters. The van der Waals surface area contributed by atoms with Crippen LogP contribution in [-0.4, -0.2) is 40.5 Å². The molecule has 1 aromatic heterocycles. The Bertz CT molecular complexity index is 614. The molecule has 1 saturated heterocycles. The van der Waals surface area contributed by atoms with Crippen LogP contribution in [0.25, 0.3) is 0 Å². The first-order valence-electron chi connectivity index (χ1n) is 7.08. The van der Waals surface area contributed by atoms with Crippen molar-refractivity contribution in [1.82, 2.24) is 9.55 Å². The zero-order valence-electron chi connectivity index (χ0n) is 12.7. The summed E-state index contributed by atoms with van der Waals surface area (Å²) in [5.74, 6) is -0.430. The lowest BCUT2D eigenvalue weighted by atomic mass is 9.94. The molecule has 7 heteroatoms. The number of aromatic amines is 1. The fourth-order valence-electron chi connectivity index (χ4n) is 2.11. The van der Waals surface area contributed by atoms with Crippen molar-refractivity contribution in [1.29, 1.82) is 0 Å². The molecule has 0 radical (unpaired) electrons. The molecular weight excluding hydrogens is 252 g/mol. The van der Waals surface area contributed by atoms with Gasteiger partial charge in [0.05, 0.1) is 15.5 Å². The number of hydrogen-bond donors (Lipinski definition) is 2. The summed E-state index contributed by atoms with van der Waals surface area (Å²) in [5, 5.41) is 10.3. The number of nitrogens with zero attached hydrogens (tertiary/aromatic N) is 1. The first-order valence-corrected chi connectivity index (χ1v) is 5.93. The Morgan fingerprint density at radius 3 is 3.16 bits per heavy atom. The van der Waals surface area contributed by atoms with Gasteiger partial charge in [-0.1, -0.05) is 6.92 Å². The normalized spacial score (nSPS) is 34.5. The monoisotopic (exact) mass is 273 g/mol. The Labute approximate surface area is 112 Å². The van der Waals surface area contributed by atoms with Crippen LogP contribution in [-0.2, 0) is 9.47 Å². The Kier molecular flexibility index (Phi) is 3.16. The smallest absolute Gasteiger partial charge is 0.330 e. The maximum absolute atomic E-state index is 11.8. The number of aliphatic hydroxyl groups is 1. The van der Waals surface area contributed by atoms with Gasteiger partial charge < -0.3 is 14.6 Å². The number of ether oxygens (including phenoxy) is 2. The molecule has 2 heterocycles. The molecule has 0 bridgehead atoms. The largest absolute Gasteiger partial charge is 0.388 e. The van der Waals surface area contributed by atoms with Crippen molar-refractivity contribution >= 4 is 0 Å². The summed E-state index contributed by atoms with van der Waals surface area (Å²) in [7, 11) is -1.47. The van der Waals surface area contributed by atoms with Gasteiger partial charge in [-0.2, -0.15) is 0 Å². The summed E-state index contributed by atoms with van der Waals surface area (Å²) in [5.41, 5.74) is -0.823. The number of H-pyrrole nitrogens is 1. The molecule has 106 valence electrons. The summed E-state index contributed by atoms with van der Waals surface area (Å²) in [6.45, 7) is 3.28. The number of aliphatic hydroxyl groups excluding tert-OH is 1. The van der Waals surface area contributed by atoms with Crippen molar-refractivity contribution in [2.24, 2.45) is 5.92 Å². The molecule has 1 aliphatic heterocycles. The van der Waals surface area contributed by atoms with E-state index in [2.05, 4.69) is 4.98 Å². The standard InChI is InChI=1S/C12H18N2O5/c1-6-4-14(12(17)13-10(6)16)11-9(15)7(2)8(18-3)5-19-11/h4,7-9,11,15H,5H2,1-3H3,(H,13,16,17)/i3TD. The highest BCUT2D eigenvalue weighted by Gasteiger charge is 2.38. The maximum atomic E-state index is 11.8. The third-order valence-corrected chi connectivity index (χ3v) is 3.44. The fourth-order valence-corrected chi connectivity index (χ4v) is 2.11. The third-order valence-electron chi connectivity index (χ3n) is 3.44. The minimum absolute atomic E-state index is 0.0434. The predicted octanol–water partition coefficient (Wildman–Crippen LogP) is -0.614. The quantitative estimate of drug-likeness (QED) is 0.749. The zero-order chi connectivity index (χ0) is 15.7. The zero-order valence-corrected chi connectivity index (χ0v) is 10.7. The highest BCUT2D eigenvalue weighted by molar-refractivity contribution is 5.02. The number of nitrogens with one attached hydrogen (secondary N) is 1. The number of aromatic nitrogens is 2. The van der Waals surface area contributed by atoms with Crippen LogP contribution >= 0.6 is 0 Å². The molecule has 0 aromatic carbocycles. The van der Waals surface area contributed by atoms with Gasteiger partial charge in [0.1, 0.15) is 6.10 Å². The van der Waals surface area contributed by atoms with Crippen LogP contribution in [0, 0.1) is 12.8 Å². The van der Waals surface area contributed by atoms with Gasteiger partial charge in [-0.3, -0.25) is 14.3 Å². The number of rotatable bonds is 2. The van der Waals surface area contributed by atoms with Gasteiger partial charge in [-0.15, -0.1) is 0 Å². The van der Waals surface area contributed by atoms with Gasteiger partial charge in [0.15, 0.2) is 6.23 Å². The molecule has 1 aliphatic rings. The maximum Gasteiger partial charge on any atom is 0.330 e. The van der Waals surface area contributed by atoms with E-state index >= 15 is 0 Å². The Morgan fingerprint density at radius 1 is 1.74 bits per heavy atom. The minimum Gasteiger partial charge on any atom is -0.388 e. The molecule has 0 amide bonds. The second-order valence-electron chi connectivity index (χ2n) is 4.73. The van der Waals surface area contributed by atoms with Crippen LogP contribution in [0.4, 0.5) is 0 Å². The van der Waals surface area contributed by atoms with E-state index in [0.29, 0.717) is 5.56 Å². The van der Waals surface area contributed by atoms with Gasteiger partial charge in [-0.05, 0) is 6.92 Å². The lowest BCUT2D eigenvalue weighted by molar-refractivity contribution is -0.191. The lowest BCUT2D eigenvalue weighted by Gasteiger charge is -2.38. The van der Waals surface area contributed by atoms with Crippen LogP contribution in [0.3, 0.4) is 0 Å². The van der Waals surface area contributed by atoms with E-state index in [1.54, 1.807) is 13.8 Å². The molecule has 7 nitrogen and oxygen atoms in total. The number of methoxy groups -OCH3 is 1. The first-order chi connectivity index (χ1) is 9.81. The van der Waals surface area contributed by atoms with Crippen molar-refractivity contribution in [2.45, 2.75) is 32.3 Å². The molecule has 0 spiro atoms.